The molecule has 106 valence electrons. The fourth-order valence-corrected chi connectivity index (χ4v) is 1.65. The number of hydrogen-bond donors (Lipinski definition) is 2. The van der Waals surface area contributed by atoms with Gasteiger partial charge in [-0.1, -0.05) is 0 Å². The number of carbonyl (C=O) groups excluding carboxylic acids is 1. The average molecular weight is 276 g/mol. The fourth-order valence-electron chi connectivity index (χ4n) is 1.65. The third kappa shape index (κ3) is 3.12. The molecule has 2 aromatic heterocycles. The van der Waals surface area contributed by atoms with E-state index in [2.05, 4.69) is 15.3 Å². The molecule has 7 heteroatoms. The van der Waals surface area contributed by atoms with Crippen molar-refractivity contribution < 1.29 is 13.9 Å². The van der Waals surface area contributed by atoms with Crippen molar-refractivity contribution in [3.8, 4) is 0 Å². The summed E-state index contributed by atoms with van der Waals surface area (Å²) in [7, 11) is 1.53. The van der Waals surface area contributed by atoms with Crippen molar-refractivity contribution in [1.29, 1.82) is 0 Å². The van der Waals surface area contributed by atoms with Crippen LogP contribution in [0.15, 0.2) is 22.9 Å². The van der Waals surface area contributed by atoms with E-state index < -0.39 is 0 Å². The maximum Gasteiger partial charge on any atom is 0.256 e. The molecule has 0 spiro atoms. The Morgan fingerprint density at radius 1 is 1.55 bits per heavy atom. The van der Waals surface area contributed by atoms with Crippen molar-refractivity contribution in [1.82, 2.24) is 15.3 Å². The number of nitrogens with one attached hydrogen (secondary N) is 1. The number of nitrogen functional groups attached to an aromatic ring is 1. The van der Waals surface area contributed by atoms with Gasteiger partial charge in [-0.25, -0.2) is 9.97 Å². The summed E-state index contributed by atoms with van der Waals surface area (Å²) in [6.07, 6.45) is 2.97. The molecule has 0 radical (unpaired) electrons. The molecule has 0 aliphatic carbocycles. The van der Waals surface area contributed by atoms with Crippen molar-refractivity contribution >= 4 is 11.7 Å². The van der Waals surface area contributed by atoms with Gasteiger partial charge < -0.3 is 20.2 Å². The van der Waals surface area contributed by atoms with E-state index in [1.54, 1.807) is 6.26 Å². The number of rotatable bonds is 5. The zero-order chi connectivity index (χ0) is 14.5. The summed E-state index contributed by atoms with van der Waals surface area (Å²) in [5.74, 6) is 0.917. The van der Waals surface area contributed by atoms with Crippen molar-refractivity contribution in [3.05, 3.63) is 41.2 Å². The summed E-state index contributed by atoms with van der Waals surface area (Å²) in [6.45, 7) is 2.44. The van der Waals surface area contributed by atoms with E-state index in [1.165, 1.54) is 13.3 Å². The van der Waals surface area contributed by atoms with Gasteiger partial charge in [-0.3, -0.25) is 4.79 Å². The van der Waals surface area contributed by atoms with Crippen molar-refractivity contribution in [2.45, 2.75) is 20.1 Å². The third-order valence-electron chi connectivity index (χ3n) is 2.76. The van der Waals surface area contributed by atoms with Crippen molar-refractivity contribution in [3.63, 3.8) is 0 Å². The summed E-state index contributed by atoms with van der Waals surface area (Å²) in [6, 6.07) is 1.83. The highest BCUT2D eigenvalue weighted by molar-refractivity contribution is 5.97. The van der Waals surface area contributed by atoms with Gasteiger partial charge in [0.1, 0.15) is 18.2 Å². The molecule has 2 heterocycles. The Morgan fingerprint density at radius 2 is 2.35 bits per heavy atom. The Bertz CT molecular complexity index is 609. The predicted octanol–water partition coefficient (Wildman–Crippen LogP) is 1.04. The van der Waals surface area contributed by atoms with Gasteiger partial charge in [-0.2, -0.15) is 0 Å². The van der Waals surface area contributed by atoms with Crippen molar-refractivity contribution in [2.24, 2.45) is 0 Å². The zero-order valence-electron chi connectivity index (χ0n) is 11.3. The van der Waals surface area contributed by atoms with Crippen LogP contribution in [-0.4, -0.2) is 23.0 Å². The van der Waals surface area contributed by atoms with E-state index in [0.29, 0.717) is 11.6 Å². The van der Waals surface area contributed by atoms with Crippen LogP contribution < -0.4 is 11.1 Å². The molecule has 0 unspecified atom stereocenters. The topological polar surface area (TPSA) is 103 Å². The quantitative estimate of drug-likeness (QED) is 0.845. The lowest BCUT2D eigenvalue weighted by Gasteiger charge is -2.07. The molecular formula is C13H16N4O3. The SMILES string of the molecule is COCc1ncc(C(=O)NCc2occc2C)c(N)n1. The van der Waals surface area contributed by atoms with E-state index in [4.69, 9.17) is 14.9 Å². The van der Waals surface area contributed by atoms with Gasteiger partial charge in [-0.05, 0) is 18.6 Å². The molecule has 0 saturated carbocycles. The molecule has 1 amide bonds. The molecule has 3 N–H and O–H groups in total. The first-order valence-electron chi connectivity index (χ1n) is 6.03. The lowest BCUT2D eigenvalue weighted by Crippen LogP contribution is -2.24. The molecule has 2 rings (SSSR count). The smallest absolute Gasteiger partial charge is 0.256 e. The maximum atomic E-state index is 12.0. The first-order chi connectivity index (χ1) is 9.61. The third-order valence-corrected chi connectivity index (χ3v) is 2.76. The minimum atomic E-state index is -0.345. The molecule has 0 bridgehead atoms. The first kappa shape index (κ1) is 14.0. The van der Waals surface area contributed by atoms with Gasteiger partial charge in [0.25, 0.3) is 5.91 Å². The van der Waals surface area contributed by atoms with E-state index in [0.717, 1.165) is 5.56 Å². The molecule has 7 nitrogen and oxygen atoms in total. The van der Waals surface area contributed by atoms with Crippen molar-refractivity contribution in [2.75, 3.05) is 12.8 Å². The highest BCUT2D eigenvalue weighted by atomic mass is 16.5. The van der Waals surface area contributed by atoms with Crippen LogP contribution in [0.1, 0.15) is 27.5 Å². The van der Waals surface area contributed by atoms with Crippen LogP contribution in [0.5, 0.6) is 0 Å². The molecule has 0 fully saturated rings. The average Bonchev–Trinajstić information content (AvgIpc) is 2.82. The predicted molar refractivity (Wildman–Crippen MR) is 71.8 cm³/mol. The Morgan fingerprint density at radius 3 is 2.95 bits per heavy atom. The number of anilines is 1. The lowest BCUT2D eigenvalue weighted by atomic mass is 10.2. The number of hydrogen-bond acceptors (Lipinski definition) is 6. The maximum absolute atomic E-state index is 12.0. The number of amides is 1. The molecular weight excluding hydrogens is 260 g/mol. The number of aryl methyl sites for hydroxylation is 1. The van der Waals surface area contributed by atoms with Crippen LogP contribution in [0, 0.1) is 6.92 Å². The number of nitrogens with zero attached hydrogens (tertiary/aromatic N) is 2. The number of nitrogens with two attached hydrogens (primary N) is 1. The molecule has 20 heavy (non-hydrogen) atoms. The van der Waals surface area contributed by atoms with Crippen LogP contribution in [-0.2, 0) is 17.9 Å². The second-order valence-corrected chi connectivity index (χ2v) is 4.23. The Hall–Kier alpha value is -2.41. The number of furan rings is 1. The van der Waals surface area contributed by atoms with E-state index in [-0.39, 0.29) is 30.4 Å². The standard InChI is InChI=1S/C13H16N4O3/c1-8-3-4-20-10(8)6-16-13(18)9-5-15-11(7-19-2)17-12(9)14/h3-5H,6-7H2,1-2H3,(H,16,18)(H2,14,15,17). The number of ether oxygens (including phenoxy) is 1. The highest BCUT2D eigenvalue weighted by Crippen LogP contribution is 2.10. The van der Waals surface area contributed by atoms with Gasteiger partial charge in [0, 0.05) is 13.3 Å². The van der Waals surface area contributed by atoms with Gasteiger partial charge >= 0.3 is 0 Å². The summed E-state index contributed by atoms with van der Waals surface area (Å²) in [5.41, 5.74) is 6.95. The van der Waals surface area contributed by atoms with Crippen LogP contribution in [0.4, 0.5) is 5.82 Å². The van der Waals surface area contributed by atoms with Crippen LogP contribution in [0.25, 0.3) is 0 Å². The number of carbonyl (C=O) groups is 1. The summed E-state index contributed by atoms with van der Waals surface area (Å²) < 4.78 is 10.1. The number of aromatic nitrogens is 2. The summed E-state index contributed by atoms with van der Waals surface area (Å²) >= 11 is 0. The molecule has 0 aliphatic rings. The molecule has 2 aromatic rings. The normalized spacial score (nSPS) is 10.5. The van der Waals surface area contributed by atoms with Gasteiger partial charge in [0.05, 0.1) is 18.4 Å². The lowest BCUT2D eigenvalue weighted by molar-refractivity contribution is 0.0948. The minimum absolute atomic E-state index is 0.126. The molecule has 0 atom stereocenters. The zero-order valence-corrected chi connectivity index (χ0v) is 11.3. The fraction of sp³-hybridized carbons (Fsp3) is 0.308. The second-order valence-electron chi connectivity index (χ2n) is 4.23. The van der Waals surface area contributed by atoms with E-state index >= 15 is 0 Å². The molecule has 0 aromatic carbocycles. The number of methoxy groups -OCH3 is 1. The summed E-state index contributed by atoms with van der Waals surface area (Å²) in [4.78, 5) is 20.0. The Labute approximate surface area is 116 Å². The minimum Gasteiger partial charge on any atom is -0.467 e. The second kappa shape index (κ2) is 6.16. The first-order valence-corrected chi connectivity index (χ1v) is 6.03. The van der Waals surface area contributed by atoms with Crippen LogP contribution in [0.2, 0.25) is 0 Å². The largest absolute Gasteiger partial charge is 0.467 e. The highest BCUT2D eigenvalue weighted by Gasteiger charge is 2.13. The Kier molecular flexibility index (Phi) is 4.31. The molecule has 0 saturated heterocycles. The van der Waals surface area contributed by atoms with Crippen LogP contribution >= 0.6 is 0 Å². The Balaban J connectivity index is 2.04. The van der Waals surface area contributed by atoms with Gasteiger partial charge in [-0.15, -0.1) is 0 Å². The van der Waals surface area contributed by atoms with Crippen LogP contribution in [0.3, 0.4) is 0 Å². The van der Waals surface area contributed by atoms with E-state index in [9.17, 15) is 4.79 Å². The summed E-state index contributed by atoms with van der Waals surface area (Å²) in [5, 5.41) is 2.71. The van der Waals surface area contributed by atoms with E-state index in [1.807, 2.05) is 13.0 Å². The molecule has 0 aliphatic heterocycles. The van der Waals surface area contributed by atoms with Gasteiger partial charge in [0.15, 0.2) is 5.82 Å². The monoisotopic (exact) mass is 276 g/mol. The van der Waals surface area contributed by atoms with Gasteiger partial charge in [0.2, 0.25) is 0 Å².